The molecule has 2 aromatic carbocycles. The number of nitrogens with one attached hydrogen (secondary N) is 3. The molecule has 0 aliphatic rings. The van der Waals surface area contributed by atoms with E-state index < -0.39 is 17.9 Å². The molecular formula is C23H21Cl3N4O. The van der Waals surface area contributed by atoms with E-state index in [4.69, 9.17) is 40.2 Å². The van der Waals surface area contributed by atoms with E-state index >= 15 is 0 Å². The number of rotatable bonds is 8. The second-order valence-corrected chi connectivity index (χ2v) is 8.32. The van der Waals surface area contributed by atoms with Crippen molar-refractivity contribution < 1.29 is 4.79 Å². The molecule has 1 aromatic heterocycles. The Morgan fingerprint density at radius 2 is 1.65 bits per heavy atom. The van der Waals surface area contributed by atoms with Crippen LogP contribution in [0.25, 0.3) is 0 Å². The molecule has 0 saturated carbocycles. The Morgan fingerprint density at radius 1 is 1.00 bits per heavy atom. The molecule has 3 N–H and O–H groups in total. The summed E-state index contributed by atoms with van der Waals surface area (Å²) in [6.45, 7) is 2.14. The molecule has 0 fully saturated rings. The summed E-state index contributed by atoms with van der Waals surface area (Å²) in [5, 5.41) is 16.2. The van der Waals surface area contributed by atoms with Gasteiger partial charge in [0.05, 0.1) is 16.8 Å². The van der Waals surface area contributed by atoms with E-state index in [1.54, 1.807) is 42.7 Å². The highest BCUT2D eigenvalue weighted by molar-refractivity contribution is 6.38. The van der Waals surface area contributed by atoms with E-state index in [2.05, 4.69) is 15.6 Å². The van der Waals surface area contributed by atoms with Crippen LogP contribution in [0.2, 0.25) is 15.1 Å². The van der Waals surface area contributed by atoms with Crippen molar-refractivity contribution in [1.82, 2.24) is 10.3 Å². The lowest BCUT2D eigenvalue weighted by Gasteiger charge is -2.27. The van der Waals surface area contributed by atoms with Gasteiger partial charge in [0.25, 0.3) is 5.91 Å². The molecule has 2 atom stereocenters. The quantitative estimate of drug-likeness (QED) is 0.341. The van der Waals surface area contributed by atoms with Gasteiger partial charge in [-0.15, -0.1) is 0 Å². The first-order chi connectivity index (χ1) is 14.8. The van der Waals surface area contributed by atoms with Crippen LogP contribution in [0, 0.1) is 11.3 Å². The van der Waals surface area contributed by atoms with Crippen molar-refractivity contribution in [1.29, 1.82) is 5.41 Å². The average Bonchev–Trinajstić information content (AvgIpc) is 2.77. The minimum absolute atomic E-state index is 0.0495. The van der Waals surface area contributed by atoms with Gasteiger partial charge in [0.1, 0.15) is 5.71 Å². The third-order valence-electron chi connectivity index (χ3n) is 4.87. The number of carbonyl (C=O) groups excluding carboxylic acids is 1. The number of carbonyl (C=O) groups is 1. The van der Waals surface area contributed by atoms with Crippen LogP contribution in [0.4, 0.5) is 5.69 Å². The Hall–Kier alpha value is -2.60. The smallest absolute Gasteiger partial charge is 0.265 e. The third-order valence-corrected chi connectivity index (χ3v) is 5.67. The summed E-state index contributed by atoms with van der Waals surface area (Å²) in [6, 6.07) is 15.6. The van der Waals surface area contributed by atoms with Crippen LogP contribution in [0.15, 0.2) is 67.0 Å². The first-order valence-corrected chi connectivity index (χ1v) is 10.7. The van der Waals surface area contributed by atoms with E-state index in [1.165, 1.54) is 0 Å². The van der Waals surface area contributed by atoms with Crippen LogP contribution in [0.5, 0.6) is 0 Å². The van der Waals surface area contributed by atoms with Gasteiger partial charge < -0.3 is 10.6 Å². The van der Waals surface area contributed by atoms with E-state index in [0.717, 1.165) is 11.1 Å². The standard InChI is InChI=1S/C23H21Cl3N4O/c1-14(21(27)23(31)29-13-15-8-10-28-11-9-15)22(16-2-4-17(24)5-3-16)30-20-7-6-18(25)12-19(20)26/h2-12,14,22,27,30H,13H2,1H3,(H,29,31). The van der Waals surface area contributed by atoms with Gasteiger partial charge in [-0.25, -0.2) is 0 Å². The summed E-state index contributed by atoms with van der Waals surface area (Å²) in [7, 11) is 0. The van der Waals surface area contributed by atoms with Gasteiger partial charge in [0.2, 0.25) is 0 Å². The number of benzene rings is 2. The van der Waals surface area contributed by atoms with Crippen LogP contribution >= 0.6 is 34.8 Å². The molecule has 0 aliphatic heterocycles. The maximum absolute atomic E-state index is 12.7. The van der Waals surface area contributed by atoms with Gasteiger partial charge in [0, 0.05) is 34.9 Å². The highest BCUT2D eigenvalue weighted by Crippen LogP contribution is 2.33. The number of pyridine rings is 1. The van der Waals surface area contributed by atoms with E-state index in [-0.39, 0.29) is 5.71 Å². The highest BCUT2D eigenvalue weighted by atomic mass is 35.5. The minimum Gasteiger partial charge on any atom is -0.376 e. The molecule has 0 saturated heterocycles. The third kappa shape index (κ3) is 6.20. The van der Waals surface area contributed by atoms with Gasteiger partial charge in [0.15, 0.2) is 0 Å². The first-order valence-electron chi connectivity index (χ1n) is 9.57. The maximum atomic E-state index is 12.7. The van der Waals surface area contributed by atoms with Crippen molar-refractivity contribution in [2.24, 2.45) is 5.92 Å². The van der Waals surface area contributed by atoms with Crippen molar-refractivity contribution in [3.63, 3.8) is 0 Å². The van der Waals surface area contributed by atoms with Crippen molar-refractivity contribution in [2.75, 3.05) is 5.32 Å². The fourth-order valence-corrected chi connectivity index (χ4v) is 3.68. The zero-order valence-electron chi connectivity index (χ0n) is 16.7. The normalized spacial score (nSPS) is 12.6. The van der Waals surface area contributed by atoms with Crippen LogP contribution < -0.4 is 10.6 Å². The van der Waals surface area contributed by atoms with Gasteiger partial charge in [-0.3, -0.25) is 15.2 Å². The number of nitrogens with zero attached hydrogens (tertiary/aromatic N) is 1. The fraction of sp³-hybridized carbons (Fsp3) is 0.174. The van der Waals surface area contributed by atoms with E-state index in [0.29, 0.717) is 27.3 Å². The van der Waals surface area contributed by atoms with Crippen molar-refractivity contribution in [3.8, 4) is 0 Å². The molecule has 3 aromatic rings. The Kier molecular flexibility index (Phi) is 7.91. The topological polar surface area (TPSA) is 77.9 Å². The molecule has 2 unspecified atom stereocenters. The van der Waals surface area contributed by atoms with E-state index in [9.17, 15) is 4.79 Å². The zero-order chi connectivity index (χ0) is 22.4. The largest absolute Gasteiger partial charge is 0.376 e. The monoisotopic (exact) mass is 474 g/mol. The lowest BCUT2D eigenvalue weighted by Crippen LogP contribution is -2.37. The van der Waals surface area contributed by atoms with Crippen molar-refractivity contribution in [2.45, 2.75) is 19.5 Å². The van der Waals surface area contributed by atoms with Crippen LogP contribution in [-0.2, 0) is 11.3 Å². The fourth-order valence-electron chi connectivity index (χ4n) is 3.09. The molecular weight excluding hydrogens is 455 g/mol. The molecule has 8 heteroatoms. The summed E-state index contributed by atoms with van der Waals surface area (Å²) >= 11 is 18.4. The Bertz CT molecular complexity index is 1060. The lowest BCUT2D eigenvalue weighted by molar-refractivity contribution is -0.115. The molecule has 31 heavy (non-hydrogen) atoms. The molecule has 5 nitrogen and oxygen atoms in total. The Morgan fingerprint density at radius 3 is 2.29 bits per heavy atom. The van der Waals surface area contributed by atoms with Gasteiger partial charge in [-0.1, -0.05) is 53.9 Å². The average molecular weight is 476 g/mol. The first kappa shape index (κ1) is 23.1. The highest BCUT2D eigenvalue weighted by Gasteiger charge is 2.27. The maximum Gasteiger partial charge on any atom is 0.265 e. The number of amides is 1. The number of hydrogen-bond donors (Lipinski definition) is 3. The summed E-state index contributed by atoms with van der Waals surface area (Å²) in [5.74, 6) is -0.905. The van der Waals surface area contributed by atoms with Crippen molar-refractivity contribution >= 4 is 52.1 Å². The number of aromatic nitrogens is 1. The lowest BCUT2D eigenvalue weighted by atomic mass is 9.89. The second-order valence-electron chi connectivity index (χ2n) is 7.04. The Labute approximate surface area is 196 Å². The summed E-state index contributed by atoms with van der Waals surface area (Å²) in [5.41, 5.74) is 2.38. The predicted octanol–water partition coefficient (Wildman–Crippen LogP) is 6.17. The van der Waals surface area contributed by atoms with Gasteiger partial charge in [-0.05, 0) is 53.6 Å². The Balaban J connectivity index is 1.80. The molecule has 0 aliphatic carbocycles. The van der Waals surface area contributed by atoms with Crippen LogP contribution in [0.1, 0.15) is 24.1 Å². The van der Waals surface area contributed by atoms with Crippen molar-refractivity contribution in [3.05, 3.63) is 93.2 Å². The molecule has 160 valence electrons. The molecule has 1 amide bonds. The van der Waals surface area contributed by atoms with Gasteiger partial charge >= 0.3 is 0 Å². The number of hydrogen-bond acceptors (Lipinski definition) is 4. The SMILES string of the molecule is CC(C(=N)C(=O)NCc1ccncc1)C(Nc1ccc(Cl)cc1Cl)c1ccc(Cl)cc1. The predicted molar refractivity (Wildman–Crippen MR) is 127 cm³/mol. The summed E-state index contributed by atoms with van der Waals surface area (Å²) in [4.78, 5) is 16.6. The van der Waals surface area contributed by atoms with Gasteiger partial charge in [-0.2, -0.15) is 0 Å². The molecule has 3 rings (SSSR count). The van der Waals surface area contributed by atoms with Crippen LogP contribution in [-0.4, -0.2) is 16.6 Å². The molecule has 0 spiro atoms. The second kappa shape index (κ2) is 10.6. The minimum atomic E-state index is -0.467. The molecule has 0 bridgehead atoms. The zero-order valence-corrected chi connectivity index (χ0v) is 19.0. The molecule has 1 heterocycles. The number of anilines is 1. The van der Waals surface area contributed by atoms with E-state index in [1.807, 2.05) is 31.2 Å². The summed E-state index contributed by atoms with van der Waals surface area (Å²) < 4.78 is 0. The summed E-state index contributed by atoms with van der Waals surface area (Å²) in [6.07, 6.45) is 3.32. The molecule has 0 radical (unpaired) electrons. The van der Waals surface area contributed by atoms with Crippen LogP contribution in [0.3, 0.4) is 0 Å². The number of halogens is 3.